The third-order valence-corrected chi connectivity index (χ3v) is 2.31. The molecule has 0 aliphatic heterocycles. The molecule has 0 aliphatic carbocycles. The highest BCUT2D eigenvalue weighted by atomic mass is 32.2. The van der Waals surface area contributed by atoms with Crippen LogP contribution in [0.15, 0.2) is 12.0 Å². The van der Waals surface area contributed by atoms with E-state index in [9.17, 15) is 4.79 Å². The van der Waals surface area contributed by atoms with Gasteiger partial charge < -0.3 is 5.11 Å². The Morgan fingerprint density at radius 1 is 1.82 bits per heavy atom. The van der Waals surface area contributed by atoms with Crippen LogP contribution in [0.4, 0.5) is 0 Å². The van der Waals surface area contributed by atoms with Crippen LogP contribution in [0.3, 0.4) is 0 Å². The molecule has 0 radical (unpaired) electrons. The number of rotatable bonds is 6. The van der Waals surface area contributed by atoms with E-state index in [1.807, 2.05) is 0 Å². The summed E-state index contributed by atoms with van der Waals surface area (Å²) in [4.78, 5) is 10.5. The van der Waals surface area contributed by atoms with Gasteiger partial charge in [0.15, 0.2) is 0 Å². The summed E-state index contributed by atoms with van der Waals surface area (Å²) in [5.41, 5.74) is 0. The Morgan fingerprint density at radius 2 is 2.45 bits per heavy atom. The van der Waals surface area contributed by atoms with Gasteiger partial charge in [-0.15, -0.1) is 11.8 Å². The molecule has 0 heterocycles. The molecule has 1 atom stereocenters. The van der Waals surface area contributed by atoms with E-state index in [2.05, 4.69) is 13.5 Å². The van der Waals surface area contributed by atoms with Crippen LogP contribution in [-0.2, 0) is 4.79 Å². The maximum atomic E-state index is 10.5. The van der Waals surface area contributed by atoms with Crippen molar-refractivity contribution < 1.29 is 9.90 Å². The lowest BCUT2D eigenvalue weighted by Crippen LogP contribution is -2.15. The van der Waals surface area contributed by atoms with Gasteiger partial charge in [0.1, 0.15) is 5.25 Å². The summed E-state index contributed by atoms with van der Waals surface area (Å²) < 4.78 is 0. The zero-order valence-electron chi connectivity index (χ0n) is 6.75. The van der Waals surface area contributed by atoms with Crippen LogP contribution >= 0.6 is 11.8 Å². The van der Waals surface area contributed by atoms with Gasteiger partial charge in [-0.05, 0) is 11.8 Å². The van der Waals surface area contributed by atoms with E-state index in [-0.39, 0.29) is 5.25 Å². The van der Waals surface area contributed by atoms with Gasteiger partial charge in [-0.25, -0.2) is 0 Å². The summed E-state index contributed by atoms with van der Waals surface area (Å²) in [6.07, 6.45) is 2.75. The van der Waals surface area contributed by atoms with Gasteiger partial charge in [0.2, 0.25) is 0 Å². The van der Waals surface area contributed by atoms with Crippen molar-refractivity contribution in [2.45, 2.75) is 31.4 Å². The van der Waals surface area contributed by atoms with Crippen LogP contribution in [0.25, 0.3) is 0 Å². The van der Waals surface area contributed by atoms with Crippen molar-refractivity contribution in [1.82, 2.24) is 0 Å². The molecule has 1 N–H and O–H groups in total. The molecule has 0 rings (SSSR count). The molecule has 0 bridgehead atoms. The highest BCUT2D eigenvalue weighted by Gasteiger charge is 2.14. The predicted molar refractivity (Wildman–Crippen MR) is 48.7 cm³/mol. The summed E-state index contributed by atoms with van der Waals surface area (Å²) in [5.74, 6) is -0.733. The molecule has 0 aromatic rings. The summed E-state index contributed by atoms with van der Waals surface area (Å²) in [7, 11) is 0. The first kappa shape index (κ1) is 10.6. The molecule has 0 amide bonds. The molecule has 3 heteroatoms. The van der Waals surface area contributed by atoms with Gasteiger partial charge in [0.25, 0.3) is 0 Å². The average molecular weight is 174 g/mol. The highest BCUT2D eigenvalue weighted by molar-refractivity contribution is 8.03. The Morgan fingerprint density at radius 3 is 2.82 bits per heavy atom. The highest BCUT2D eigenvalue weighted by Crippen LogP contribution is 2.17. The minimum Gasteiger partial charge on any atom is -0.480 e. The molecule has 0 aromatic heterocycles. The predicted octanol–water partition coefficient (Wildman–Crippen LogP) is 2.51. The second-order valence-electron chi connectivity index (χ2n) is 2.27. The fourth-order valence-electron chi connectivity index (χ4n) is 0.755. The summed E-state index contributed by atoms with van der Waals surface area (Å²) >= 11 is 1.29. The molecule has 0 spiro atoms. The van der Waals surface area contributed by atoms with Crippen molar-refractivity contribution in [3.63, 3.8) is 0 Å². The van der Waals surface area contributed by atoms with E-state index in [1.165, 1.54) is 11.8 Å². The lowest BCUT2D eigenvalue weighted by atomic mass is 10.2. The van der Waals surface area contributed by atoms with Crippen molar-refractivity contribution in [3.8, 4) is 0 Å². The molecule has 64 valence electrons. The molecule has 0 aliphatic rings. The lowest BCUT2D eigenvalue weighted by Gasteiger charge is -2.06. The van der Waals surface area contributed by atoms with Crippen LogP contribution in [0.2, 0.25) is 0 Å². The second-order valence-corrected chi connectivity index (χ2v) is 3.45. The molecule has 2 nitrogen and oxygen atoms in total. The largest absolute Gasteiger partial charge is 0.480 e. The van der Waals surface area contributed by atoms with Crippen LogP contribution in [-0.4, -0.2) is 16.3 Å². The maximum Gasteiger partial charge on any atom is 0.316 e. The topological polar surface area (TPSA) is 37.3 Å². The van der Waals surface area contributed by atoms with E-state index in [1.54, 1.807) is 5.41 Å². The number of thioether (sulfide) groups is 1. The van der Waals surface area contributed by atoms with Gasteiger partial charge in [-0.1, -0.05) is 26.3 Å². The number of carbonyl (C=O) groups is 1. The van der Waals surface area contributed by atoms with Gasteiger partial charge in [-0.2, -0.15) is 0 Å². The summed E-state index contributed by atoms with van der Waals surface area (Å²) in [6.45, 7) is 5.54. The fourth-order valence-corrected chi connectivity index (χ4v) is 1.41. The minimum absolute atomic E-state index is 0.299. The van der Waals surface area contributed by atoms with Gasteiger partial charge in [-0.3, -0.25) is 4.79 Å². The van der Waals surface area contributed by atoms with Gasteiger partial charge >= 0.3 is 5.97 Å². The number of aliphatic carboxylic acids is 1. The van der Waals surface area contributed by atoms with Crippen molar-refractivity contribution >= 4 is 17.7 Å². The summed E-state index contributed by atoms with van der Waals surface area (Å²) in [6, 6.07) is 0. The number of unbranched alkanes of at least 4 members (excludes halogenated alkanes) is 1. The van der Waals surface area contributed by atoms with Crippen molar-refractivity contribution in [3.05, 3.63) is 12.0 Å². The number of carboxylic acids is 1. The standard InChI is InChI=1S/C8H14O2S/c1-3-5-6-7(8(9)10)11-4-2/h4,7H,2-3,5-6H2,1H3,(H,9,10). The average Bonchev–Trinajstić information content (AvgIpc) is 1.97. The van der Waals surface area contributed by atoms with Crippen LogP contribution < -0.4 is 0 Å². The van der Waals surface area contributed by atoms with Crippen LogP contribution in [0.1, 0.15) is 26.2 Å². The Labute approximate surface area is 71.7 Å². The molecular weight excluding hydrogens is 160 g/mol. The first-order valence-corrected chi connectivity index (χ1v) is 4.65. The summed E-state index contributed by atoms with van der Waals surface area (Å²) in [5, 5.41) is 9.96. The van der Waals surface area contributed by atoms with E-state index in [0.29, 0.717) is 0 Å². The van der Waals surface area contributed by atoms with Gasteiger partial charge in [0, 0.05) is 0 Å². The van der Waals surface area contributed by atoms with Crippen LogP contribution in [0.5, 0.6) is 0 Å². The molecule has 11 heavy (non-hydrogen) atoms. The Hall–Kier alpha value is -0.440. The van der Waals surface area contributed by atoms with Crippen molar-refractivity contribution in [1.29, 1.82) is 0 Å². The Kier molecular flexibility index (Phi) is 6.03. The molecule has 1 unspecified atom stereocenters. The minimum atomic E-state index is -0.733. The molecule has 0 fully saturated rings. The molecular formula is C8H14O2S. The molecule has 0 aromatic carbocycles. The monoisotopic (exact) mass is 174 g/mol. The Balaban J connectivity index is 3.69. The van der Waals surface area contributed by atoms with Gasteiger partial charge in [0.05, 0.1) is 0 Å². The zero-order valence-corrected chi connectivity index (χ0v) is 7.56. The van der Waals surface area contributed by atoms with E-state index >= 15 is 0 Å². The van der Waals surface area contributed by atoms with Crippen molar-refractivity contribution in [2.75, 3.05) is 0 Å². The Bertz CT molecular complexity index is 134. The smallest absolute Gasteiger partial charge is 0.316 e. The number of hydrogen-bond acceptors (Lipinski definition) is 2. The first-order chi connectivity index (χ1) is 5.22. The first-order valence-electron chi connectivity index (χ1n) is 3.71. The van der Waals surface area contributed by atoms with E-state index in [0.717, 1.165) is 19.3 Å². The maximum absolute atomic E-state index is 10.5. The van der Waals surface area contributed by atoms with E-state index in [4.69, 9.17) is 5.11 Å². The zero-order chi connectivity index (χ0) is 8.69. The quantitative estimate of drug-likeness (QED) is 0.672. The molecule has 0 saturated carbocycles. The molecule has 0 saturated heterocycles. The SMILES string of the molecule is C=CSC(CCCC)C(=O)O. The normalized spacial score (nSPS) is 12.5. The third-order valence-electron chi connectivity index (χ3n) is 1.36. The second kappa shape index (κ2) is 6.28. The fraction of sp³-hybridized carbons (Fsp3) is 0.625. The number of hydrogen-bond donors (Lipinski definition) is 1. The third kappa shape index (κ3) is 4.90. The van der Waals surface area contributed by atoms with Crippen LogP contribution in [0, 0.1) is 0 Å². The van der Waals surface area contributed by atoms with Crippen molar-refractivity contribution in [2.24, 2.45) is 0 Å². The lowest BCUT2D eigenvalue weighted by molar-refractivity contribution is -0.136. The van der Waals surface area contributed by atoms with E-state index < -0.39 is 5.97 Å². The number of carboxylic acid groups (broad SMARTS) is 1.